The molecule has 15 heavy (non-hydrogen) atoms. The van der Waals surface area contributed by atoms with Crippen molar-refractivity contribution in [3.8, 4) is 0 Å². The number of ether oxygens (including phenoxy) is 1. The Morgan fingerprint density at radius 3 is 2.33 bits per heavy atom. The maximum absolute atomic E-state index is 11.0. The lowest BCUT2D eigenvalue weighted by Gasteiger charge is -2.00. The lowest BCUT2D eigenvalue weighted by atomic mass is 10.1. The lowest BCUT2D eigenvalue weighted by molar-refractivity contribution is -0.136. The predicted octanol–water partition coefficient (Wildman–Crippen LogP) is 3.86. The van der Waals surface area contributed by atoms with Gasteiger partial charge >= 0.3 is 5.97 Å². The van der Waals surface area contributed by atoms with E-state index in [9.17, 15) is 4.79 Å². The van der Waals surface area contributed by atoms with Crippen LogP contribution in [0.1, 0.15) is 58.8 Å². The van der Waals surface area contributed by atoms with Gasteiger partial charge in [-0.1, -0.05) is 45.1 Å². The highest BCUT2D eigenvalue weighted by Crippen LogP contribution is 2.08. The summed E-state index contributed by atoms with van der Waals surface area (Å²) in [6, 6.07) is 0. The van der Waals surface area contributed by atoms with Crippen molar-refractivity contribution in [1.82, 2.24) is 0 Å². The Balaban J connectivity index is 3.40. The summed E-state index contributed by atoms with van der Waals surface area (Å²) in [5, 5.41) is 0. The van der Waals surface area contributed by atoms with Gasteiger partial charge in [-0.05, 0) is 19.8 Å². The fraction of sp³-hybridized carbons (Fsp3) is 0.769. The number of unbranched alkanes of at least 4 members (excludes halogenated alkanes) is 6. The third-order valence-electron chi connectivity index (χ3n) is 2.52. The van der Waals surface area contributed by atoms with Crippen LogP contribution in [-0.2, 0) is 9.53 Å². The minimum atomic E-state index is -0.207. The smallest absolute Gasteiger partial charge is 0.333 e. The maximum atomic E-state index is 11.0. The highest BCUT2D eigenvalue weighted by atomic mass is 16.5. The van der Waals surface area contributed by atoms with Crippen LogP contribution in [0.15, 0.2) is 11.6 Å². The summed E-state index contributed by atoms with van der Waals surface area (Å²) in [6.45, 7) is 4.03. The van der Waals surface area contributed by atoms with E-state index in [0.717, 1.165) is 12.0 Å². The monoisotopic (exact) mass is 212 g/mol. The molecule has 88 valence electrons. The molecule has 0 spiro atoms. The van der Waals surface area contributed by atoms with Gasteiger partial charge < -0.3 is 4.74 Å². The van der Waals surface area contributed by atoms with Crippen LogP contribution in [0.4, 0.5) is 0 Å². The molecule has 2 heteroatoms. The minimum absolute atomic E-state index is 0.207. The minimum Gasteiger partial charge on any atom is -0.466 e. The third-order valence-corrected chi connectivity index (χ3v) is 2.52. The first kappa shape index (κ1) is 14.2. The molecule has 0 aromatic carbocycles. The average Bonchev–Trinajstić information content (AvgIpc) is 2.26. The molecule has 0 atom stereocenters. The first-order valence-corrected chi connectivity index (χ1v) is 5.97. The van der Waals surface area contributed by atoms with Crippen LogP contribution in [-0.4, -0.2) is 13.1 Å². The molecule has 0 aliphatic heterocycles. The van der Waals surface area contributed by atoms with Gasteiger partial charge in [0.1, 0.15) is 0 Å². The first-order valence-electron chi connectivity index (χ1n) is 5.97. The second-order valence-corrected chi connectivity index (χ2v) is 3.94. The van der Waals surface area contributed by atoms with E-state index in [-0.39, 0.29) is 5.97 Å². The summed E-state index contributed by atoms with van der Waals surface area (Å²) in [4.78, 5) is 11.0. The molecule has 0 aromatic rings. The van der Waals surface area contributed by atoms with E-state index in [4.69, 9.17) is 0 Å². The molecule has 0 saturated heterocycles. The number of esters is 1. The number of hydrogen-bond acceptors (Lipinski definition) is 2. The van der Waals surface area contributed by atoms with Crippen molar-refractivity contribution < 1.29 is 9.53 Å². The molecule has 0 rings (SSSR count). The quantitative estimate of drug-likeness (QED) is 0.347. The Labute approximate surface area is 93.7 Å². The van der Waals surface area contributed by atoms with Crippen LogP contribution in [0, 0.1) is 0 Å². The summed E-state index contributed by atoms with van der Waals surface area (Å²) >= 11 is 0. The Morgan fingerprint density at radius 2 is 1.73 bits per heavy atom. The lowest BCUT2D eigenvalue weighted by Crippen LogP contribution is -2.01. The zero-order valence-electron chi connectivity index (χ0n) is 10.3. The maximum Gasteiger partial charge on any atom is 0.333 e. The van der Waals surface area contributed by atoms with Crippen LogP contribution in [0.5, 0.6) is 0 Å². The molecule has 0 fully saturated rings. The molecule has 0 N–H and O–H groups in total. The van der Waals surface area contributed by atoms with E-state index in [0.29, 0.717) is 0 Å². The van der Waals surface area contributed by atoms with Crippen molar-refractivity contribution in [3.63, 3.8) is 0 Å². The summed E-state index contributed by atoms with van der Waals surface area (Å²) in [5.74, 6) is -0.207. The Kier molecular flexibility index (Phi) is 9.24. The molecule has 0 aliphatic carbocycles. The van der Waals surface area contributed by atoms with Gasteiger partial charge in [0.2, 0.25) is 0 Å². The Morgan fingerprint density at radius 1 is 1.13 bits per heavy atom. The predicted molar refractivity (Wildman–Crippen MR) is 63.8 cm³/mol. The zero-order valence-corrected chi connectivity index (χ0v) is 10.3. The van der Waals surface area contributed by atoms with E-state index >= 15 is 0 Å². The van der Waals surface area contributed by atoms with Crippen molar-refractivity contribution in [2.45, 2.75) is 58.8 Å². The first-order chi connectivity index (χ1) is 7.22. The summed E-state index contributed by atoms with van der Waals surface area (Å²) < 4.78 is 4.61. The molecule has 0 bridgehead atoms. The van der Waals surface area contributed by atoms with Gasteiger partial charge in [0.15, 0.2) is 0 Å². The third kappa shape index (κ3) is 8.22. The van der Waals surface area contributed by atoms with E-state index in [1.165, 1.54) is 45.6 Å². The van der Waals surface area contributed by atoms with Gasteiger partial charge in [-0.2, -0.15) is 0 Å². The second kappa shape index (κ2) is 9.75. The number of carbonyl (C=O) groups is 1. The van der Waals surface area contributed by atoms with Gasteiger partial charge in [-0.3, -0.25) is 0 Å². The van der Waals surface area contributed by atoms with E-state index in [1.54, 1.807) is 0 Å². The summed E-state index contributed by atoms with van der Waals surface area (Å²) in [6.07, 6.45) is 10.7. The van der Waals surface area contributed by atoms with Crippen molar-refractivity contribution in [1.29, 1.82) is 0 Å². The molecule has 0 heterocycles. The summed E-state index contributed by atoms with van der Waals surface area (Å²) in [5.41, 5.74) is 0.728. The van der Waals surface area contributed by atoms with Crippen LogP contribution >= 0.6 is 0 Å². The molecule has 0 unspecified atom stereocenters. The Bertz CT molecular complexity index is 195. The van der Waals surface area contributed by atoms with Gasteiger partial charge in [-0.25, -0.2) is 4.79 Å². The molecule has 0 aromatic heterocycles. The fourth-order valence-corrected chi connectivity index (χ4v) is 1.49. The van der Waals surface area contributed by atoms with Crippen molar-refractivity contribution in [2.75, 3.05) is 7.11 Å². The SMILES string of the molecule is CCCCCCCCC=C(C)C(=O)OC. The van der Waals surface area contributed by atoms with Crippen molar-refractivity contribution in [3.05, 3.63) is 11.6 Å². The van der Waals surface area contributed by atoms with E-state index in [1.807, 2.05) is 13.0 Å². The van der Waals surface area contributed by atoms with Crippen molar-refractivity contribution in [2.24, 2.45) is 0 Å². The summed E-state index contributed by atoms with van der Waals surface area (Å²) in [7, 11) is 1.42. The zero-order chi connectivity index (χ0) is 11.5. The van der Waals surface area contributed by atoms with Gasteiger partial charge in [-0.15, -0.1) is 0 Å². The topological polar surface area (TPSA) is 26.3 Å². The van der Waals surface area contributed by atoms with Gasteiger partial charge in [0.25, 0.3) is 0 Å². The van der Waals surface area contributed by atoms with E-state index < -0.39 is 0 Å². The van der Waals surface area contributed by atoms with Crippen LogP contribution in [0.2, 0.25) is 0 Å². The normalized spacial score (nSPS) is 11.5. The molecule has 0 saturated carbocycles. The number of methoxy groups -OCH3 is 1. The molecular weight excluding hydrogens is 188 g/mol. The number of rotatable bonds is 8. The second-order valence-electron chi connectivity index (χ2n) is 3.94. The molecule has 2 nitrogen and oxygen atoms in total. The molecule has 0 aliphatic rings. The highest BCUT2D eigenvalue weighted by Gasteiger charge is 2.00. The van der Waals surface area contributed by atoms with Gasteiger partial charge in [0, 0.05) is 5.57 Å². The van der Waals surface area contributed by atoms with Crippen LogP contribution in [0.3, 0.4) is 0 Å². The Hall–Kier alpha value is -0.790. The largest absolute Gasteiger partial charge is 0.466 e. The molecule has 0 radical (unpaired) electrons. The van der Waals surface area contributed by atoms with Crippen molar-refractivity contribution >= 4 is 5.97 Å². The van der Waals surface area contributed by atoms with Gasteiger partial charge in [0.05, 0.1) is 7.11 Å². The standard InChI is InChI=1S/C13H24O2/c1-4-5-6-7-8-9-10-11-12(2)13(14)15-3/h11H,4-10H2,1-3H3. The number of hydrogen-bond donors (Lipinski definition) is 0. The fourth-order valence-electron chi connectivity index (χ4n) is 1.49. The average molecular weight is 212 g/mol. The van der Waals surface area contributed by atoms with Crippen LogP contribution < -0.4 is 0 Å². The number of allylic oxidation sites excluding steroid dienone is 1. The van der Waals surface area contributed by atoms with Crippen LogP contribution in [0.25, 0.3) is 0 Å². The number of carbonyl (C=O) groups excluding carboxylic acids is 1. The molecular formula is C13H24O2. The highest BCUT2D eigenvalue weighted by molar-refractivity contribution is 5.87. The molecule has 0 amide bonds. The van der Waals surface area contributed by atoms with E-state index in [2.05, 4.69) is 11.7 Å².